The minimum atomic E-state index is -1.28. The summed E-state index contributed by atoms with van der Waals surface area (Å²) >= 11 is 0. The zero-order chi connectivity index (χ0) is 24.1. The number of carbonyl (C=O) groups is 5. The number of hydrogen-bond acceptors (Lipinski definition) is 9. The van der Waals surface area contributed by atoms with Crippen molar-refractivity contribution in [3.8, 4) is 0 Å². The normalized spacial score (nSPS) is 15.0. The first kappa shape index (κ1) is 28.0. The van der Waals surface area contributed by atoms with Crippen molar-refractivity contribution in [1.29, 1.82) is 0 Å². The van der Waals surface area contributed by atoms with Crippen molar-refractivity contribution in [1.82, 2.24) is 15.1 Å². The van der Waals surface area contributed by atoms with E-state index >= 15 is 0 Å². The van der Waals surface area contributed by atoms with Crippen LogP contribution in [0, 0.1) is 0 Å². The van der Waals surface area contributed by atoms with Gasteiger partial charge in [-0.1, -0.05) is 28.5 Å². The molecule has 0 fully saturated rings. The molecular weight excluding hydrogens is 458 g/mol. The Morgan fingerprint density at radius 2 is 1.81 bits per heavy atom. The van der Waals surface area contributed by atoms with Crippen molar-refractivity contribution in [2.45, 2.75) is 44.4 Å². The van der Waals surface area contributed by atoms with Crippen molar-refractivity contribution >= 4 is 51.2 Å². The molecule has 0 aromatic rings. The Bertz CT molecular complexity index is 699. The summed E-state index contributed by atoms with van der Waals surface area (Å²) in [7, 11) is 4.65. The SMILES string of the molecule is CC(CCC(=O)N(C)[C@@H](C)C(=O)[O-])SSCCNC(=O)CCOCCN1C(=O)C=CC1=O. The molecular formula is C20H30N3O7S2-. The lowest BCUT2D eigenvalue weighted by Gasteiger charge is -2.26. The molecule has 32 heavy (non-hydrogen) atoms. The van der Waals surface area contributed by atoms with Crippen LogP contribution in [-0.2, 0) is 28.7 Å². The summed E-state index contributed by atoms with van der Waals surface area (Å²) in [6.07, 6.45) is 3.50. The summed E-state index contributed by atoms with van der Waals surface area (Å²) in [5.74, 6) is -1.67. The van der Waals surface area contributed by atoms with Crippen LogP contribution >= 0.6 is 21.6 Å². The third-order valence-corrected chi connectivity index (χ3v) is 7.62. The molecule has 0 aromatic carbocycles. The van der Waals surface area contributed by atoms with Gasteiger partial charge in [-0.15, -0.1) is 0 Å². The van der Waals surface area contributed by atoms with E-state index in [0.717, 1.165) is 4.90 Å². The highest BCUT2D eigenvalue weighted by molar-refractivity contribution is 8.76. The average molecular weight is 489 g/mol. The standard InChI is InChI=1S/C20H31N3O7S2/c1-14(4-5-17(25)22(3)15(2)20(28)29)32-31-13-9-21-16(24)8-11-30-12-10-23-18(26)6-7-19(23)27/h6-7,14-15H,4-5,8-13H2,1-3H3,(H,21,24)(H,28,29)/p-1/t14?,15-/m0/s1. The molecule has 1 unspecified atom stereocenters. The minimum Gasteiger partial charge on any atom is -0.548 e. The maximum absolute atomic E-state index is 12.0. The highest BCUT2D eigenvalue weighted by Crippen LogP contribution is 2.28. The Hall–Kier alpha value is -2.05. The van der Waals surface area contributed by atoms with Crippen LogP contribution < -0.4 is 10.4 Å². The van der Waals surface area contributed by atoms with Crippen LogP contribution in [0.2, 0.25) is 0 Å². The van der Waals surface area contributed by atoms with Gasteiger partial charge in [0.05, 0.1) is 31.8 Å². The number of carboxylic acid groups (broad SMARTS) is 1. The second-order valence-corrected chi connectivity index (χ2v) is 10.1. The summed E-state index contributed by atoms with van der Waals surface area (Å²) < 4.78 is 5.30. The third kappa shape index (κ3) is 10.5. The number of carbonyl (C=O) groups excluding carboxylic acids is 5. The molecule has 10 nitrogen and oxygen atoms in total. The number of aliphatic carboxylic acids is 1. The number of imide groups is 1. The highest BCUT2D eigenvalue weighted by Gasteiger charge is 2.22. The monoisotopic (exact) mass is 488 g/mol. The summed E-state index contributed by atoms with van der Waals surface area (Å²) in [6.45, 7) is 4.45. The van der Waals surface area contributed by atoms with Crippen LogP contribution in [0.3, 0.4) is 0 Å². The topological polar surface area (TPSA) is 136 Å². The lowest BCUT2D eigenvalue weighted by molar-refractivity contribution is -0.310. The lowest BCUT2D eigenvalue weighted by atomic mass is 10.2. The van der Waals surface area contributed by atoms with E-state index in [1.807, 2.05) is 6.92 Å². The summed E-state index contributed by atoms with van der Waals surface area (Å²) in [5.41, 5.74) is 0. The number of nitrogens with zero attached hydrogens (tertiary/aromatic N) is 2. The zero-order valence-electron chi connectivity index (χ0n) is 18.5. The molecule has 4 amide bonds. The molecule has 1 aliphatic rings. The van der Waals surface area contributed by atoms with Gasteiger partial charge >= 0.3 is 0 Å². The molecule has 1 rings (SSSR count). The predicted octanol–water partition coefficient (Wildman–Crippen LogP) is -0.419. The van der Waals surface area contributed by atoms with E-state index in [1.54, 1.807) is 21.6 Å². The second-order valence-electron chi connectivity index (χ2n) is 7.14. The molecule has 1 aliphatic heterocycles. The van der Waals surface area contributed by atoms with Gasteiger partial charge in [-0.2, -0.15) is 0 Å². The van der Waals surface area contributed by atoms with Crippen molar-refractivity contribution in [2.24, 2.45) is 0 Å². The van der Waals surface area contributed by atoms with Crippen LogP contribution in [-0.4, -0.2) is 89.8 Å². The molecule has 0 aliphatic carbocycles. The van der Waals surface area contributed by atoms with Crippen molar-refractivity contribution in [3.63, 3.8) is 0 Å². The number of likely N-dealkylation sites (N-methyl/N-ethyl adjacent to an activating group) is 1. The van der Waals surface area contributed by atoms with Gasteiger partial charge < -0.3 is 24.9 Å². The van der Waals surface area contributed by atoms with E-state index in [2.05, 4.69) is 5.32 Å². The Labute approximate surface area is 195 Å². The summed E-state index contributed by atoms with van der Waals surface area (Å²) in [5, 5.41) is 13.8. The van der Waals surface area contributed by atoms with Crippen LogP contribution in [0.25, 0.3) is 0 Å². The van der Waals surface area contributed by atoms with Gasteiger partial charge in [-0.05, 0) is 13.3 Å². The highest BCUT2D eigenvalue weighted by atomic mass is 33.1. The largest absolute Gasteiger partial charge is 0.548 e. The quantitative estimate of drug-likeness (QED) is 0.174. The number of ether oxygens (including phenoxy) is 1. The molecule has 0 spiro atoms. The van der Waals surface area contributed by atoms with Gasteiger partial charge in [-0.25, -0.2) is 0 Å². The number of rotatable bonds is 16. The molecule has 0 aromatic heterocycles. The zero-order valence-corrected chi connectivity index (χ0v) is 20.2. The Morgan fingerprint density at radius 3 is 2.44 bits per heavy atom. The summed E-state index contributed by atoms with van der Waals surface area (Å²) in [4.78, 5) is 59.6. The summed E-state index contributed by atoms with van der Waals surface area (Å²) in [6, 6.07) is -0.954. The number of amides is 4. The Kier molecular flexibility index (Phi) is 13.0. The molecule has 0 radical (unpaired) electrons. The van der Waals surface area contributed by atoms with Gasteiger partial charge in [0, 0.05) is 49.6 Å². The second kappa shape index (κ2) is 14.9. The van der Waals surface area contributed by atoms with E-state index in [4.69, 9.17) is 4.74 Å². The first-order valence-corrected chi connectivity index (χ1v) is 12.6. The van der Waals surface area contributed by atoms with E-state index in [0.29, 0.717) is 18.7 Å². The minimum absolute atomic E-state index is 0.144. The molecule has 12 heteroatoms. The fraction of sp³-hybridized carbons (Fsp3) is 0.650. The number of hydrogen-bond donors (Lipinski definition) is 1. The fourth-order valence-electron chi connectivity index (χ4n) is 2.48. The van der Waals surface area contributed by atoms with Gasteiger partial charge in [0.1, 0.15) is 0 Å². The Morgan fingerprint density at radius 1 is 1.16 bits per heavy atom. The first-order chi connectivity index (χ1) is 15.1. The van der Waals surface area contributed by atoms with Crippen molar-refractivity contribution in [2.75, 3.05) is 39.1 Å². The van der Waals surface area contributed by atoms with Gasteiger partial charge in [0.25, 0.3) is 11.8 Å². The maximum atomic E-state index is 12.0. The Balaban J connectivity index is 2.01. The molecule has 2 atom stereocenters. The molecule has 0 saturated heterocycles. The predicted molar refractivity (Wildman–Crippen MR) is 120 cm³/mol. The first-order valence-electron chi connectivity index (χ1n) is 10.3. The average Bonchev–Trinajstić information content (AvgIpc) is 3.07. The van der Waals surface area contributed by atoms with Gasteiger partial charge in [0.2, 0.25) is 11.8 Å². The van der Waals surface area contributed by atoms with Crippen LogP contribution in [0.1, 0.15) is 33.1 Å². The van der Waals surface area contributed by atoms with Crippen LogP contribution in [0.15, 0.2) is 12.2 Å². The maximum Gasteiger partial charge on any atom is 0.253 e. The van der Waals surface area contributed by atoms with Crippen LogP contribution in [0.5, 0.6) is 0 Å². The third-order valence-electron chi connectivity index (χ3n) is 4.65. The molecule has 0 bridgehead atoms. The lowest BCUT2D eigenvalue weighted by Crippen LogP contribution is -2.47. The van der Waals surface area contributed by atoms with Crippen molar-refractivity contribution in [3.05, 3.63) is 12.2 Å². The number of carboxylic acids is 1. The smallest absolute Gasteiger partial charge is 0.253 e. The van der Waals surface area contributed by atoms with Crippen LogP contribution in [0.4, 0.5) is 0 Å². The van der Waals surface area contributed by atoms with Gasteiger partial charge in [-0.3, -0.25) is 24.1 Å². The molecule has 0 saturated carbocycles. The molecule has 1 N–H and O–H groups in total. The van der Waals surface area contributed by atoms with E-state index in [-0.39, 0.29) is 61.5 Å². The number of nitrogens with one attached hydrogen (secondary N) is 1. The van der Waals surface area contributed by atoms with Gasteiger partial charge in [0.15, 0.2) is 0 Å². The van der Waals surface area contributed by atoms with E-state index < -0.39 is 12.0 Å². The van der Waals surface area contributed by atoms with E-state index in [1.165, 1.54) is 31.0 Å². The van der Waals surface area contributed by atoms with Crippen molar-refractivity contribution < 1.29 is 33.8 Å². The van der Waals surface area contributed by atoms with E-state index in [9.17, 15) is 29.1 Å². The molecule has 180 valence electrons. The fourth-order valence-corrected chi connectivity index (χ4v) is 4.74. The molecule has 1 heterocycles.